The maximum Gasteiger partial charge on any atom is 0.243 e. The predicted molar refractivity (Wildman–Crippen MR) is 72.4 cm³/mol. The predicted octanol–water partition coefficient (Wildman–Crippen LogP) is 3.30. The van der Waals surface area contributed by atoms with Crippen molar-refractivity contribution in [2.45, 2.75) is 6.61 Å². The number of ether oxygens (including phenoxy) is 1. The van der Waals surface area contributed by atoms with Gasteiger partial charge in [-0.25, -0.2) is 9.97 Å². The average Bonchev–Trinajstić information content (AvgIpc) is 2.85. The van der Waals surface area contributed by atoms with Crippen LogP contribution >= 0.6 is 15.9 Å². The Bertz CT molecular complexity index is 666. The Morgan fingerprint density at radius 1 is 1.22 bits per heavy atom. The molecular weight excluding hydrogens is 294 g/mol. The van der Waals surface area contributed by atoms with E-state index in [-0.39, 0.29) is 0 Å². The van der Waals surface area contributed by atoms with Crippen LogP contribution in [0.15, 0.2) is 47.3 Å². The lowest BCUT2D eigenvalue weighted by molar-refractivity contribution is 0.297. The van der Waals surface area contributed by atoms with Crippen molar-refractivity contribution in [3.8, 4) is 5.88 Å². The van der Waals surface area contributed by atoms with E-state index >= 15 is 0 Å². The molecular formula is C13H10BrN3O. The number of imidazole rings is 1. The molecule has 0 bridgehead atoms. The molecule has 2 aromatic heterocycles. The Kier molecular flexibility index (Phi) is 2.98. The lowest BCUT2D eigenvalue weighted by Crippen LogP contribution is -1.98. The standard InChI is InChI=1S/C13H10BrN3O/c14-11-6-10-12(16-8-15-10)13(17-11)18-7-9-4-2-1-3-5-9/h1-6,8H,7H2,(H,15,16). The molecule has 4 nitrogen and oxygen atoms in total. The minimum atomic E-state index is 0.478. The van der Waals surface area contributed by atoms with Crippen molar-refractivity contribution in [3.05, 3.63) is 52.9 Å². The zero-order valence-corrected chi connectivity index (χ0v) is 11.0. The van der Waals surface area contributed by atoms with Gasteiger partial charge in [0, 0.05) is 0 Å². The number of nitrogens with one attached hydrogen (secondary N) is 1. The second kappa shape index (κ2) is 4.78. The van der Waals surface area contributed by atoms with Crippen LogP contribution in [-0.2, 0) is 6.61 Å². The Balaban J connectivity index is 1.88. The number of H-pyrrole nitrogens is 1. The van der Waals surface area contributed by atoms with Crippen LogP contribution in [0.3, 0.4) is 0 Å². The van der Waals surface area contributed by atoms with Gasteiger partial charge in [-0.3, -0.25) is 0 Å². The van der Waals surface area contributed by atoms with Gasteiger partial charge in [-0.05, 0) is 27.6 Å². The van der Waals surface area contributed by atoms with Gasteiger partial charge in [0.1, 0.15) is 11.2 Å². The molecule has 0 amide bonds. The summed E-state index contributed by atoms with van der Waals surface area (Å²) in [5, 5.41) is 0. The molecule has 0 saturated heterocycles. The van der Waals surface area contributed by atoms with Crippen LogP contribution in [0.5, 0.6) is 5.88 Å². The van der Waals surface area contributed by atoms with E-state index in [0.717, 1.165) is 21.2 Å². The first-order valence-corrected chi connectivity index (χ1v) is 6.28. The van der Waals surface area contributed by atoms with Gasteiger partial charge >= 0.3 is 0 Å². The second-order valence-electron chi connectivity index (χ2n) is 3.82. The Hall–Kier alpha value is -1.88. The first-order valence-electron chi connectivity index (χ1n) is 5.49. The Morgan fingerprint density at radius 2 is 2.06 bits per heavy atom. The van der Waals surface area contributed by atoms with E-state index in [1.54, 1.807) is 6.33 Å². The molecule has 0 aliphatic rings. The average molecular weight is 304 g/mol. The third-order valence-electron chi connectivity index (χ3n) is 2.56. The topological polar surface area (TPSA) is 50.8 Å². The summed E-state index contributed by atoms with van der Waals surface area (Å²) in [5.41, 5.74) is 2.75. The molecule has 1 aromatic carbocycles. The smallest absolute Gasteiger partial charge is 0.243 e. The van der Waals surface area contributed by atoms with Crippen molar-refractivity contribution < 1.29 is 4.74 Å². The Morgan fingerprint density at radius 3 is 2.89 bits per heavy atom. The van der Waals surface area contributed by atoms with Gasteiger partial charge in [0.15, 0.2) is 5.52 Å². The van der Waals surface area contributed by atoms with Crippen LogP contribution in [0.2, 0.25) is 0 Å². The van der Waals surface area contributed by atoms with E-state index in [4.69, 9.17) is 4.74 Å². The maximum absolute atomic E-state index is 5.72. The quantitative estimate of drug-likeness (QED) is 0.755. The summed E-state index contributed by atoms with van der Waals surface area (Å²) in [5.74, 6) is 0.532. The van der Waals surface area contributed by atoms with Crippen molar-refractivity contribution in [3.63, 3.8) is 0 Å². The highest BCUT2D eigenvalue weighted by Gasteiger charge is 2.08. The number of nitrogens with zero attached hydrogens (tertiary/aromatic N) is 2. The molecule has 0 atom stereocenters. The summed E-state index contributed by atoms with van der Waals surface area (Å²) in [6, 6.07) is 11.8. The van der Waals surface area contributed by atoms with E-state index in [1.807, 2.05) is 36.4 Å². The molecule has 0 fully saturated rings. The summed E-state index contributed by atoms with van der Waals surface area (Å²) >= 11 is 3.36. The van der Waals surface area contributed by atoms with Crippen molar-refractivity contribution in [2.75, 3.05) is 0 Å². The van der Waals surface area contributed by atoms with Gasteiger partial charge in [0.25, 0.3) is 0 Å². The monoisotopic (exact) mass is 303 g/mol. The molecule has 0 unspecified atom stereocenters. The highest BCUT2D eigenvalue weighted by molar-refractivity contribution is 9.10. The normalized spacial score (nSPS) is 10.7. The van der Waals surface area contributed by atoms with E-state index in [2.05, 4.69) is 30.9 Å². The zero-order valence-electron chi connectivity index (χ0n) is 9.43. The summed E-state index contributed by atoms with van der Waals surface area (Å²) in [4.78, 5) is 11.5. The highest BCUT2D eigenvalue weighted by Crippen LogP contribution is 2.24. The van der Waals surface area contributed by atoms with Crippen LogP contribution < -0.4 is 4.74 Å². The number of rotatable bonds is 3. The first kappa shape index (κ1) is 11.2. The fourth-order valence-corrected chi connectivity index (χ4v) is 2.10. The van der Waals surface area contributed by atoms with Gasteiger partial charge in [0.05, 0.1) is 11.8 Å². The number of hydrogen-bond donors (Lipinski definition) is 1. The van der Waals surface area contributed by atoms with Crippen LogP contribution in [0.1, 0.15) is 5.56 Å². The first-order chi connectivity index (χ1) is 8.83. The van der Waals surface area contributed by atoms with E-state index in [9.17, 15) is 0 Å². The third kappa shape index (κ3) is 2.22. The number of benzene rings is 1. The van der Waals surface area contributed by atoms with Gasteiger partial charge < -0.3 is 9.72 Å². The molecule has 0 radical (unpaired) electrons. The van der Waals surface area contributed by atoms with Crippen LogP contribution in [0.25, 0.3) is 11.0 Å². The fraction of sp³-hybridized carbons (Fsp3) is 0.0769. The number of aromatic nitrogens is 3. The highest BCUT2D eigenvalue weighted by atomic mass is 79.9. The molecule has 1 N–H and O–H groups in total. The van der Waals surface area contributed by atoms with Gasteiger partial charge in [-0.15, -0.1) is 0 Å². The number of aromatic amines is 1. The minimum Gasteiger partial charge on any atom is -0.471 e. The summed E-state index contributed by atoms with van der Waals surface area (Å²) in [6.45, 7) is 0.478. The summed E-state index contributed by atoms with van der Waals surface area (Å²) < 4.78 is 6.45. The third-order valence-corrected chi connectivity index (χ3v) is 2.97. The SMILES string of the molecule is Brc1cc2[nH]cnc2c(OCc2ccccc2)n1. The molecule has 0 spiro atoms. The molecule has 18 heavy (non-hydrogen) atoms. The number of pyridine rings is 1. The number of halogens is 1. The molecule has 2 heterocycles. The summed E-state index contributed by atoms with van der Waals surface area (Å²) in [6.07, 6.45) is 1.63. The van der Waals surface area contributed by atoms with Crippen LogP contribution in [-0.4, -0.2) is 15.0 Å². The largest absolute Gasteiger partial charge is 0.471 e. The molecule has 0 aliphatic heterocycles. The molecule has 5 heteroatoms. The Labute approximate surface area is 112 Å². The van der Waals surface area contributed by atoms with Crippen molar-refractivity contribution in [1.29, 1.82) is 0 Å². The van der Waals surface area contributed by atoms with Gasteiger partial charge in [-0.2, -0.15) is 0 Å². The minimum absolute atomic E-state index is 0.478. The fourth-order valence-electron chi connectivity index (χ4n) is 1.71. The maximum atomic E-state index is 5.72. The van der Waals surface area contributed by atoms with Crippen molar-refractivity contribution in [2.24, 2.45) is 0 Å². The van der Waals surface area contributed by atoms with Crippen LogP contribution in [0, 0.1) is 0 Å². The van der Waals surface area contributed by atoms with E-state index in [1.165, 1.54) is 0 Å². The number of fused-ring (bicyclic) bond motifs is 1. The van der Waals surface area contributed by atoms with Gasteiger partial charge in [0.2, 0.25) is 5.88 Å². The molecule has 3 rings (SSSR count). The van der Waals surface area contributed by atoms with Crippen LogP contribution in [0.4, 0.5) is 0 Å². The van der Waals surface area contributed by atoms with Crippen molar-refractivity contribution >= 4 is 27.0 Å². The number of hydrogen-bond acceptors (Lipinski definition) is 3. The summed E-state index contributed by atoms with van der Waals surface area (Å²) in [7, 11) is 0. The van der Waals surface area contributed by atoms with E-state index < -0.39 is 0 Å². The van der Waals surface area contributed by atoms with E-state index in [0.29, 0.717) is 12.5 Å². The zero-order chi connectivity index (χ0) is 12.4. The lowest BCUT2D eigenvalue weighted by atomic mass is 10.2. The van der Waals surface area contributed by atoms with Crippen molar-refractivity contribution in [1.82, 2.24) is 15.0 Å². The molecule has 3 aromatic rings. The second-order valence-corrected chi connectivity index (χ2v) is 4.64. The lowest BCUT2D eigenvalue weighted by Gasteiger charge is -2.06. The molecule has 90 valence electrons. The molecule has 0 saturated carbocycles. The van der Waals surface area contributed by atoms with Gasteiger partial charge in [-0.1, -0.05) is 30.3 Å². The molecule has 0 aliphatic carbocycles.